The third kappa shape index (κ3) is 3.88. The van der Waals surface area contributed by atoms with E-state index in [4.69, 9.17) is 17.3 Å². The second-order valence-electron chi connectivity index (χ2n) is 7.56. The monoisotopic (exact) mass is 395 g/mol. The maximum Gasteiger partial charge on any atom is 0.314 e. The molecule has 1 saturated heterocycles. The molecule has 0 saturated carbocycles. The zero-order chi connectivity index (χ0) is 19.5. The number of hydrogen-bond donors (Lipinski definition) is 1. The van der Waals surface area contributed by atoms with Gasteiger partial charge in [-0.05, 0) is 67.9 Å². The van der Waals surface area contributed by atoms with Crippen LogP contribution in [-0.2, 0) is 0 Å². The number of benzene rings is 1. The molecule has 2 N–H and O–H groups in total. The molecule has 0 radical (unpaired) electrons. The number of piperidine rings is 1. The molecule has 0 bridgehead atoms. The maximum atomic E-state index is 11.5. The van der Waals surface area contributed by atoms with Crippen LogP contribution >= 0.6 is 11.6 Å². The van der Waals surface area contributed by atoms with E-state index in [-0.39, 0.29) is 6.03 Å². The number of allylic oxidation sites excluding steroid dienone is 2. The van der Waals surface area contributed by atoms with Crippen LogP contribution in [0, 0.1) is 0 Å². The van der Waals surface area contributed by atoms with Crippen LogP contribution in [0.5, 0.6) is 0 Å². The van der Waals surface area contributed by atoms with Gasteiger partial charge in [0.05, 0.1) is 0 Å². The van der Waals surface area contributed by atoms with Gasteiger partial charge >= 0.3 is 6.03 Å². The second-order valence-corrected chi connectivity index (χ2v) is 8.00. The topological polar surface area (TPSA) is 51.3 Å². The summed E-state index contributed by atoms with van der Waals surface area (Å²) >= 11 is 6.10. The number of fused-ring (bicyclic) bond motifs is 1. The summed E-state index contributed by atoms with van der Waals surface area (Å²) in [7, 11) is 0. The Morgan fingerprint density at radius 2 is 1.86 bits per heavy atom. The Labute approximate surface area is 170 Å². The normalized spacial score (nSPS) is 21.2. The molecule has 1 aromatic carbocycles. The fourth-order valence-corrected chi connectivity index (χ4v) is 4.36. The van der Waals surface area contributed by atoms with Crippen LogP contribution in [-0.4, -0.2) is 28.6 Å². The lowest BCUT2D eigenvalue weighted by Crippen LogP contribution is -2.42. The van der Waals surface area contributed by atoms with Crippen LogP contribution in [0.15, 0.2) is 42.6 Å². The Morgan fingerprint density at radius 1 is 1.11 bits per heavy atom. The second kappa shape index (κ2) is 8.27. The van der Waals surface area contributed by atoms with E-state index in [9.17, 15) is 4.79 Å². The summed E-state index contributed by atoms with van der Waals surface area (Å²) in [4.78, 5) is 13.2. The SMILES string of the molecule is NC(=O)N1CCC(c2cn(-c3ccc(Cl)cc3)c3/c2=C\C=C/CCC\C=3)CC1. The highest BCUT2D eigenvalue weighted by Crippen LogP contribution is 2.26. The van der Waals surface area contributed by atoms with E-state index in [0.29, 0.717) is 5.92 Å². The molecular formula is C23H26ClN3O. The van der Waals surface area contributed by atoms with Crippen molar-refractivity contribution < 1.29 is 4.79 Å². The highest BCUT2D eigenvalue weighted by atomic mass is 35.5. The van der Waals surface area contributed by atoms with Gasteiger partial charge in [-0.15, -0.1) is 0 Å². The number of aromatic nitrogens is 1. The number of carbonyl (C=O) groups is 1. The smallest absolute Gasteiger partial charge is 0.314 e. The number of hydrogen-bond acceptors (Lipinski definition) is 1. The minimum atomic E-state index is -0.313. The fraction of sp³-hybridized carbons (Fsp3) is 0.348. The Balaban J connectivity index is 1.81. The van der Waals surface area contributed by atoms with Crippen LogP contribution in [0.1, 0.15) is 43.6 Å². The van der Waals surface area contributed by atoms with Gasteiger partial charge in [-0.25, -0.2) is 4.79 Å². The van der Waals surface area contributed by atoms with Gasteiger partial charge in [0.2, 0.25) is 0 Å². The fourth-order valence-electron chi connectivity index (χ4n) is 4.23. The number of carbonyl (C=O) groups excluding carboxylic acids is 1. The number of urea groups is 1. The van der Waals surface area contributed by atoms with E-state index in [1.54, 1.807) is 4.90 Å². The third-order valence-corrected chi connectivity index (χ3v) is 6.03. The number of primary amides is 1. The average molecular weight is 396 g/mol. The van der Waals surface area contributed by atoms with Gasteiger partial charge in [0, 0.05) is 40.6 Å². The average Bonchev–Trinajstić information content (AvgIpc) is 3.10. The van der Waals surface area contributed by atoms with Crippen molar-refractivity contribution >= 4 is 29.8 Å². The lowest BCUT2D eigenvalue weighted by molar-refractivity contribution is 0.190. The van der Waals surface area contributed by atoms with Crippen LogP contribution < -0.4 is 16.3 Å². The number of likely N-dealkylation sites (tertiary alicyclic amines) is 1. The van der Waals surface area contributed by atoms with Gasteiger partial charge in [0.25, 0.3) is 0 Å². The standard InChI is InChI=1S/C23H26ClN3O/c24-18-8-10-19(11-9-18)27-16-21(17-12-14-26(15-13-17)23(25)28)20-6-4-2-1-3-5-7-22(20)27/h2,4,6-11,16-17H,1,3,5,12-15H2,(H2,25,28)/b4-2-,20-6-,22-7+. The molecule has 0 spiro atoms. The Morgan fingerprint density at radius 3 is 2.57 bits per heavy atom. The van der Waals surface area contributed by atoms with Crippen LogP contribution in [0.4, 0.5) is 4.79 Å². The largest absolute Gasteiger partial charge is 0.351 e. The molecule has 5 heteroatoms. The molecule has 0 unspecified atom stereocenters. The molecule has 4 rings (SSSR count). The summed E-state index contributed by atoms with van der Waals surface area (Å²) in [6, 6.07) is 7.70. The van der Waals surface area contributed by atoms with E-state index in [1.165, 1.54) is 16.1 Å². The number of rotatable bonds is 2. The van der Waals surface area contributed by atoms with Gasteiger partial charge in [-0.3, -0.25) is 0 Å². The van der Waals surface area contributed by atoms with Gasteiger partial charge < -0.3 is 15.2 Å². The Kier molecular flexibility index (Phi) is 5.58. The number of nitrogens with zero attached hydrogens (tertiary/aromatic N) is 2. The van der Waals surface area contributed by atoms with Crippen molar-refractivity contribution in [2.45, 2.75) is 38.0 Å². The third-order valence-electron chi connectivity index (χ3n) is 5.78. The molecule has 1 aliphatic carbocycles. The van der Waals surface area contributed by atoms with Crippen LogP contribution in [0.3, 0.4) is 0 Å². The molecule has 1 aromatic heterocycles. The molecule has 4 nitrogen and oxygen atoms in total. The highest BCUT2D eigenvalue weighted by Gasteiger charge is 2.24. The molecule has 2 amide bonds. The predicted molar refractivity (Wildman–Crippen MR) is 115 cm³/mol. The van der Waals surface area contributed by atoms with Crippen molar-refractivity contribution in [1.82, 2.24) is 9.47 Å². The zero-order valence-corrected chi connectivity index (χ0v) is 16.7. The number of amides is 2. The summed E-state index contributed by atoms with van der Waals surface area (Å²) in [5, 5.41) is 3.29. The van der Waals surface area contributed by atoms with Gasteiger partial charge in [0.1, 0.15) is 0 Å². The van der Waals surface area contributed by atoms with Gasteiger partial charge in [0.15, 0.2) is 0 Å². The summed E-state index contributed by atoms with van der Waals surface area (Å²) in [5.74, 6) is 0.428. The summed E-state index contributed by atoms with van der Waals surface area (Å²) < 4.78 is 2.29. The van der Waals surface area contributed by atoms with Gasteiger partial charge in [-0.2, -0.15) is 0 Å². The van der Waals surface area contributed by atoms with Crippen molar-refractivity contribution in [2.24, 2.45) is 5.73 Å². The van der Waals surface area contributed by atoms with Crippen LogP contribution in [0.2, 0.25) is 5.02 Å². The first-order valence-electron chi connectivity index (χ1n) is 10.0. The van der Waals surface area contributed by atoms with E-state index in [2.05, 4.69) is 47.2 Å². The summed E-state index contributed by atoms with van der Waals surface area (Å²) in [6.45, 7) is 1.45. The first-order valence-corrected chi connectivity index (χ1v) is 10.4. The quantitative estimate of drug-likeness (QED) is 0.828. The van der Waals surface area contributed by atoms with Crippen molar-refractivity contribution in [1.29, 1.82) is 0 Å². The molecule has 28 heavy (non-hydrogen) atoms. The van der Waals surface area contributed by atoms with Crippen LogP contribution in [0.25, 0.3) is 17.8 Å². The molecule has 1 fully saturated rings. The van der Waals surface area contributed by atoms with Crippen molar-refractivity contribution in [2.75, 3.05) is 13.1 Å². The minimum absolute atomic E-state index is 0.313. The Bertz CT molecular complexity index is 996. The van der Waals surface area contributed by atoms with Gasteiger partial charge in [-0.1, -0.05) is 35.9 Å². The summed E-state index contributed by atoms with van der Waals surface area (Å²) in [5.41, 5.74) is 7.94. The lowest BCUT2D eigenvalue weighted by atomic mass is 9.90. The first kappa shape index (κ1) is 18.9. The molecule has 1 aliphatic heterocycles. The molecule has 146 valence electrons. The molecular weight excluding hydrogens is 370 g/mol. The van der Waals surface area contributed by atoms with Crippen molar-refractivity contribution in [3.8, 4) is 5.69 Å². The molecule has 2 heterocycles. The molecule has 2 aliphatic rings. The van der Waals surface area contributed by atoms with E-state index < -0.39 is 0 Å². The zero-order valence-electron chi connectivity index (χ0n) is 16.0. The first-order chi connectivity index (χ1) is 13.6. The summed E-state index contributed by atoms with van der Waals surface area (Å²) in [6.07, 6.45) is 16.5. The van der Waals surface area contributed by atoms with Crippen molar-refractivity contribution in [3.05, 3.63) is 63.8 Å². The maximum absolute atomic E-state index is 11.5. The lowest BCUT2D eigenvalue weighted by Gasteiger charge is -2.30. The Hall–Kier alpha value is -2.46. The van der Waals surface area contributed by atoms with E-state index in [0.717, 1.165) is 55.9 Å². The highest BCUT2D eigenvalue weighted by molar-refractivity contribution is 6.30. The molecule has 0 atom stereocenters. The predicted octanol–water partition coefficient (Wildman–Crippen LogP) is 3.69. The number of nitrogens with two attached hydrogens (primary N) is 1. The van der Waals surface area contributed by atoms with Crippen molar-refractivity contribution in [3.63, 3.8) is 0 Å². The van der Waals surface area contributed by atoms with E-state index >= 15 is 0 Å². The minimum Gasteiger partial charge on any atom is -0.351 e. The molecule has 2 aromatic rings. The van der Waals surface area contributed by atoms with E-state index in [1.807, 2.05) is 12.1 Å². The number of halogens is 1.